The van der Waals surface area contributed by atoms with Crippen LogP contribution in [-0.2, 0) is 0 Å². The number of carbonyl (C=O) groups is 1. The van der Waals surface area contributed by atoms with Crippen LogP contribution in [0.4, 0.5) is 5.82 Å². The van der Waals surface area contributed by atoms with Crippen LogP contribution in [-0.4, -0.2) is 24.0 Å². The average Bonchev–Trinajstić information content (AvgIpc) is 3.07. The molecule has 0 aliphatic heterocycles. The summed E-state index contributed by atoms with van der Waals surface area (Å²) in [6, 6.07) is 3.63. The number of rotatable bonds is 5. The predicted molar refractivity (Wildman–Crippen MR) is 73.1 cm³/mol. The van der Waals surface area contributed by atoms with Gasteiger partial charge in [-0.3, -0.25) is 4.79 Å². The van der Waals surface area contributed by atoms with E-state index in [1.807, 2.05) is 0 Å². The van der Waals surface area contributed by atoms with Crippen molar-refractivity contribution in [1.29, 1.82) is 0 Å². The lowest BCUT2D eigenvalue weighted by atomic mass is 10.2. The Kier molecular flexibility index (Phi) is 4.07. The molecule has 4 nitrogen and oxygen atoms in total. The molecule has 1 aliphatic rings. The van der Waals surface area contributed by atoms with E-state index < -0.39 is 0 Å². The van der Waals surface area contributed by atoms with Gasteiger partial charge in [-0.1, -0.05) is 24.9 Å². The molecule has 1 saturated carbocycles. The summed E-state index contributed by atoms with van der Waals surface area (Å²) in [6.45, 7) is 2.17. The molecule has 2 rings (SSSR count). The Morgan fingerprint density at radius 2 is 2.33 bits per heavy atom. The van der Waals surface area contributed by atoms with Gasteiger partial charge in [0.1, 0.15) is 11.0 Å². The third kappa shape index (κ3) is 3.13. The van der Waals surface area contributed by atoms with Gasteiger partial charge in [0.05, 0.1) is 0 Å². The van der Waals surface area contributed by atoms with Gasteiger partial charge in [-0.25, -0.2) is 4.98 Å². The number of hydrogen-bond donors (Lipinski definition) is 2. The molecule has 1 aromatic heterocycles. The van der Waals surface area contributed by atoms with E-state index in [9.17, 15) is 4.79 Å². The van der Waals surface area contributed by atoms with Gasteiger partial charge in [-0.15, -0.1) is 0 Å². The second kappa shape index (κ2) is 5.57. The molecule has 0 saturated heterocycles. The highest BCUT2D eigenvalue weighted by molar-refractivity contribution is 6.29. The van der Waals surface area contributed by atoms with E-state index in [0.29, 0.717) is 28.5 Å². The van der Waals surface area contributed by atoms with Crippen LogP contribution in [0.2, 0.25) is 5.15 Å². The molecule has 5 heteroatoms. The third-order valence-corrected chi connectivity index (χ3v) is 3.40. The average molecular weight is 268 g/mol. The maximum Gasteiger partial charge on any atom is 0.251 e. The van der Waals surface area contributed by atoms with Crippen molar-refractivity contribution in [2.75, 3.05) is 12.4 Å². The molecule has 0 radical (unpaired) electrons. The van der Waals surface area contributed by atoms with Crippen molar-refractivity contribution >= 4 is 23.3 Å². The number of pyridine rings is 1. The predicted octanol–water partition coefficient (Wildman–Crippen LogP) is 2.70. The van der Waals surface area contributed by atoms with Gasteiger partial charge >= 0.3 is 0 Å². The van der Waals surface area contributed by atoms with Crippen molar-refractivity contribution in [3.63, 3.8) is 0 Å². The van der Waals surface area contributed by atoms with E-state index in [4.69, 9.17) is 11.6 Å². The Balaban J connectivity index is 1.99. The van der Waals surface area contributed by atoms with Gasteiger partial charge < -0.3 is 10.6 Å². The second-order valence-electron chi connectivity index (χ2n) is 4.68. The number of hydrogen-bond acceptors (Lipinski definition) is 3. The highest BCUT2D eigenvalue weighted by Gasteiger charge is 2.37. The number of amides is 1. The zero-order valence-electron chi connectivity index (χ0n) is 10.7. The van der Waals surface area contributed by atoms with Crippen molar-refractivity contribution in [3.8, 4) is 0 Å². The van der Waals surface area contributed by atoms with Crippen LogP contribution >= 0.6 is 11.6 Å². The fourth-order valence-corrected chi connectivity index (χ4v) is 2.33. The highest BCUT2D eigenvalue weighted by Crippen LogP contribution is 2.34. The molecule has 2 unspecified atom stereocenters. The van der Waals surface area contributed by atoms with Gasteiger partial charge in [0.25, 0.3) is 5.91 Å². The lowest BCUT2D eigenvalue weighted by Gasteiger charge is -2.07. The second-order valence-corrected chi connectivity index (χ2v) is 5.07. The van der Waals surface area contributed by atoms with Crippen molar-refractivity contribution in [1.82, 2.24) is 10.3 Å². The normalized spacial score (nSPS) is 21.5. The summed E-state index contributed by atoms with van der Waals surface area (Å²) in [4.78, 5) is 16.1. The number of halogens is 1. The molecular weight excluding hydrogens is 250 g/mol. The van der Waals surface area contributed by atoms with Crippen LogP contribution < -0.4 is 10.6 Å². The summed E-state index contributed by atoms with van der Waals surface area (Å²) in [6.07, 6.45) is 3.45. The Labute approximate surface area is 112 Å². The Hall–Kier alpha value is -1.29. The van der Waals surface area contributed by atoms with Gasteiger partial charge in [-0.2, -0.15) is 0 Å². The maximum atomic E-state index is 12.0. The number of nitrogens with one attached hydrogen (secondary N) is 2. The van der Waals surface area contributed by atoms with E-state index in [2.05, 4.69) is 22.5 Å². The SMILES string of the molecule is CCCC1CC1NC(=O)c1cc(Cl)nc(NC)c1. The van der Waals surface area contributed by atoms with Crippen molar-refractivity contribution < 1.29 is 4.79 Å². The monoisotopic (exact) mass is 267 g/mol. The standard InChI is InChI=1S/C13H18ClN3O/c1-3-4-8-5-10(8)16-13(18)9-6-11(14)17-12(7-9)15-2/h6-8,10H,3-5H2,1-2H3,(H,15,17)(H,16,18). The number of anilines is 1. The van der Waals surface area contributed by atoms with Gasteiger partial charge in [0.2, 0.25) is 0 Å². The Morgan fingerprint density at radius 3 is 3.00 bits per heavy atom. The lowest BCUT2D eigenvalue weighted by Crippen LogP contribution is -2.27. The van der Waals surface area contributed by atoms with Crippen molar-refractivity contribution in [2.24, 2.45) is 5.92 Å². The molecular formula is C13H18ClN3O. The van der Waals surface area contributed by atoms with Crippen LogP contribution in [0.5, 0.6) is 0 Å². The van der Waals surface area contributed by atoms with E-state index >= 15 is 0 Å². The van der Waals surface area contributed by atoms with Crippen LogP contribution in [0.25, 0.3) is 0 Å². The molecule has 0 spiro atoms. The van der Waals surface area contributed by atoms with Crippen LogP contribution in [0.3, 0.4) is 0 Å². The fourth-order valence-electron chi connectivity index (χ4n) is 2.12. The first-order valence-corrected chi connectivity index (χ1v) is 6.68. The molecule has 1 fully saturated rings. The molecule has 0 bridgehead atoms. The summed E-state index contributed by atoms with van der Waals surface area (Å²) in [5.41, 5.74) is 0.557. The van der Waals surface area contributed by atoms with Crippen LogP contribution in [0, 0.1) is 5.92 Å². The summed E-state index contributed by atoms with van der Waals surface area (Å²) in [7, 11) is 1.75. The molecule has 18 heavy (non-hydrogen) atoms. The molecule has 2 atom stereocenters. The first-order chi connectivity index (χ1) is 8.63. The molecule has 1 heterocycles. The minimum atomic E-state index is -0.0700. The number of aromatic nitrogens is 1. The van der Waals surface area contributed by atoms with Crippen LogP contribution in [0.1, 0.15) is 36.5 Å². The van der Waals surface area contributed by atoms with Gasteiger partial charge in [-0.05, 0) is 30.9 Å². The quantitative estimate of drug-likeness (QED) is 0.807. The zero-order valence-corrected chi connectivity index (χ0v) is 11.4. The van der Waals surface area contributed by atoms with E-state index in [1.165, 1.54) is 12.8 Å². The minimum absolute atomic E-state index is 0.0700. The van der Waals surface area contributed by atoms with Crippen molar-refractivity contribution in [3.05, 3.63) is 22.8 Å². The maximum absolute atomic E-state index is 12.0. The first-order valence-electron chi connectivity index (χ1n) is 6.30. The molecule has 0 aromatic carbocycles. The van der Waals surface area contributed by atoms with E-state index in [0.717, 1.165) is 6.42 Å². The number of carbonyl (C=O) groups excluding carboxylic acids is 1. The summed E-state index contributed by atoms with van der Waals surface area (Å²) in [5, 5.41) is 6.24. The van der Waals surface area contributed by atoms with Gasteiger partial charge in [0.15, 0.2) is 0 Å². The molecule has 2 N–H and O–H groups in total. The number of nitrogens with zero attached hydrogens (tertiary/aromatic N) is 1. The van der Waals surface area contributed by atoms with E-state index in [1.54, 1.807) is 19.2 Å². The molecule has 1 amide bonds. The summed E-state index contributed by atoms with van der Waals surface area (Å²) < 4.78 is 0. The zero-order chi connectivity index (χ0) is 13.1. The Morgan fingerprint density at radius 1 is 1.56 bits per heavy atom. The molecule has 1 aromatic rings. The lowest BCUT2D eigenvalue weighted by molar-refractivity contribution is 0.0949. The van der Waals surface area contributed by atoms with E-state index in [-0.39, 0.29) is 5.91 Å². The topological polar surface area (TPSA) is 54.0 Å². The molecule has 1 aliphatic carbocycles. The summed E-state index contributed by atoms with van der Waals surface area (Å²) >= 11 is 5.87. The first kappa shape index (κ1) is 13.1. The molecule has 98 valence electrons. The summed E-state index contributed by atoms with van der Waals surface area (Å²) in [5.74, 6) is 1.19. The fraction of sp³-hybridized carbons (Fsp3) is 0.538. The minimum Gasteiger partial charge on any atom is -0.373 e. The smallest absolute Gasteiger partial charge is 0.251 e. The Bertz CT molecular complexity index is 450. The third-order valence-electron chi connectivity index (χ3n) is 3.21. The van der Waals surface area contributed by atoms with Crippen LogP contribution in [0.15, 0.2) is 12.1 Å². The van der Waals surface area contributed by atoms with Crippen molar-refractivity contribution in [2.45, 2.75) is 32.2 Å². The highest BCUT2D eigenvalue weighted by atomic mass is 35.5. The van der Waals surface area contributed by atoms with Gasteiger partial charge in [0, 0.05) is 18.7 Å². The largest absolute Gasteiger partial charge is 0.373 e.